The average molecular weight is 236 g/mol. The maximum absolute atomic E-state index is 11.4. The second-order valence-electron chi connectivity index (χ2n) is 4.95. The Morgan fingerprint density at radius 1 is 1.19 bits per heavy atom. The lowest BCUT2D eigenvalue weighted by Gasteiger charge is -2.28. The van der Waals surface area contributed by atoms with Crippen LogP contribution in [0.25, 0.3) is 0 Å². The summed E-state index contributed by atoms with van der Waals surface area (Å²) in [5.41, 5.74) is -0.601. The van der Waals surface area contributed by atoms with Crippen molar-refractivity contribution >= 4 is 5.97 Å². The van der Waals surface area contributed by atoms with Crippen LogP contribution >= 0.6 is 0 Å². The van der Waals surface area contributed by atoms with Crippen molar-refractivity contribution < 1.29 is 29.8 Å². The summed E-state index contributed by atoms with van der Waals surface area (Å²) in [6.45, 7) is 8.07. The maximum atomic E-state index is 11.4. The lowest BCUT2D eigenvalue weighted by Crippen LogP contribution is -2.41. The first-order chi connectivity index (χ1) is 7.17. The molecule has 0 aromatic carbocycles. The van der Waals surface area contributed by atoms with E-state index < -0.39 is 17.1 Å². The van der Waals surface area contributed by atoms with E-state index in [1.165, 1.54) is 6.92 Å². The normalized spacial score (nSPS) is 14.7. The van der Waals surface area contributed by atoms with Gasteiger partial charge in [-0.3, -0.25) is 4.79 Å². The van der Waals surface area contributed by atoms with Gasteiger partial charge in [0.15, 0.2) is 0 Å². The zero-order valence-corrected chi connectivity index (χ0v) is 10.3. The molecule has 0 aliphatic heterocycles. The van der Waals surface area contributed by atoms with Crippen LogP contribution in [0.1, 0.15) is 34.6 Å². The van der Waals surface area contributed by atoms with E-state index in [1.54, 1.807) is 27.7 Å². The Balaban J connectivity index is 4.27. The highest BCUT2D eigenvalue weighted by atomic mass is 17.2. The highest BCUT2D eigenvalue weighted by Crippen LogP contribution is 2.23. The number of rotatable bonds is 5. The molecule has 6 heteroatoms. The third-order valence-corrected chi connectivity index (χ3v) is 2.33. The minimum absolute atomic E-state index is 0.0340. The third-order valence-electron chi connectivity index (χ3n) is 2.33. The fourth-order valence-corrected chi connectivity index (χ4v) is 0.765. The predicted molar refractivity (Wildman–Crippen MR) is 55.4 cm³/mol. The van der Waals surface area contributed by atoms with Crippen LogP contribution in [0.2, 0.25) is 0 Å². The largest absolute Gasteiger partial charge is 0.465 e. The quantitative estimate of drug-likeness (QED) is 0.328. The summed E-state index contributed by atoms with van der Waals surface area (Å²) in [6, 6.07) is 0. The van der Waals surface area contributed by atoms with E-state index in [-0.39, 0.29) is 12.6 Å². The summed E-state index contributed by atoms with van der Waals surface area (Å²) in [6.07, 6.45) is 0. The molecule has 0 saturated heterocycles. The molecule has 2 N–H and O–H groups in total. The minimum Gasteiger partial charge on any atom is -0.465 e. The lowest BCUT2D eigenvalue weighted by molar-refractivity contribution is -0.494. The van der Waals surface area contributed by atoms with Crippen molar-refractivity contribution in [1.29, 1.82) is 0 Å². The first-order valence-electron chi connectivity index (χ1n) is 4.99. The van der Waals surface area contributed by atoms with Crippen molar-refractivity contribution in [2.45, 2.75) is 40.4 Å². The topological polar surface area (TPSA) is 85.2 Å². The molecule has 0 aliphatic rings. The van der Waals surface area contributed by atoms with E-state index in [4.69, 9.17) is 15.3 Å². The molecule has 0 spiro atoms. The van der Waals surface area contributed by atoms with Gasteiger partial charge in [0.1, 0.15) is 0 Å². The Kier molecular flexibility index (Phi) is 5.34. The molecule has 96 valence electrons. The van der Waals surface area contributed by atoms with Gasteiger partial charge in [-0.2, -0.15) is 0 Å². The number of carbonyl (C=O) groups is 1. The predicted octanol–water partition coefficient (Wildman–Crippen LogP) is 1.91. The van der Waals surface area contributed by atoms with E-state index in [0.29, 0.717) is 0 Å². The molecule has 16 heavy (non-hydrogen) atoms. The van der Waals surface area contributed by atoms with Gasteiger partial charge in [0.05, 0.1) is 12.0 Å². The summed E-state index contributed by atoms with van der Waals surface area (Å²) in [5, 5.41) is 17.1. The molecule has 0 heterocycles. The van der Waals surface area contributed by atoms with Crippen molar-refractivity contribution in [2.75, 3.05) is 6.61 Å². The molecule has 1 unspecified atom stereocenters. The van der Waals surface area contributed by atoms with Gasteiger partial charge in [0.2, 0.25) is 5.79 Å². The number of hydrogen-bond acceptors (Lipinski definition) is 6. The molecule has 0 fully saturated rings. The zero-order valence-electron chi connectivity index (χ0n) is 10.3. The molecule has 0 bridgehead atoms. The minimum atomic E-state index is -1.61. The maximum Gasteiger partial charge on any atom is 0.311 e. The van der Waals surface area contributed by atoms with Crippen LogP contribution in [0.5, 0.6) is 0 Å². The van der Waals surface area contributed by atoms with Crippen molar-refractivity contribution in [2.24, 2.45) is 11.3 Å². The van der Waals surface area contributed by atoms with Crippen LogP contribution < -0.4 is 0 Å². The van der Waals surface area contributed by atoms with Crippen LogP contribution in [0, 0.1) is 11.3 Å². The van der Waals surface area contributed by atoms with E-state index >= 15 is 0 Å². The van der Waals surface area contributed by atoms with Gasteiger partial charge in [-0.1, -0.05) is 6.92 Å². The van der Waals surface area contributed by atoms with Crippen LogP contribution in [0.15, 0.2) is 0 Å². The van der Waals surface area contributed by atoms with E-state index in [2.05, 4.69) is 9.78 Å². The Bertz CT molecular complexity index is 228. The molecular formula is C10H20O6. The van der Waals surface area contributed by atoms with Gasteiger partial charge >= 0.3 is 5.97 Å². The smallest absolute Gasteiger partial charge is 0.311 e. The van der Waals surface area contributed by atoms with Crippen molar-refractivity contribution in [3.63, 3.8) is 0 Å². The molecule has 0 aromatic heterocycles. The van der Waals surface area contributed by atoms with E-state index in [9.17, 15) is 4.79 Å². The van der Waals surface area contributed by atoms with Crippen LogP contribution in [-0.2, 0) is 19.3 Å². The Morgan fingerprint density at radius 3 is 1.94 bits per heavy atom. The molecule has 0 aliphatic carbocycles. The van der Waals surface area contributed by atoms with Crippen molar-refractivity contribution in [1.82, 2.24) is 0 Å². The number of esters is 1. The Hall–Kier alpha value is -0.690. The fraction of sp³-hybridized carbons (Fsp3) is 0.900. The summed E-state index contributed by atoms with van der Waals surface area (Å²) in [5.74, 6) is -2.52. The summed E-state index contributed by atoms with van der Waals surface area (Å²) in [7, 11) is 0. The summed E-state index contributed by atoms with van der Waals surface area (Å²) >= 11 is 0. The Morgan fingerprint density at radius 2 is 1.62 bits per heavy atom. The van der Waals surface area contributed by atoms with Gasteiger partial charge < -0.3 is 4.74 Å². The van der Waals surface area contributed by atoms with E-state index in [1.807, 2.05) is 0 Å². The van der Waals surface area contributed by atoms with Crippen LogP contribution in [0.3, 0.4) is 0 Å². The average Bonchev–Trinajstić information content (AvgIpc) is 2.22. The van der Waals surface area contributed by atoms with Crippen LogP contribution in [-0.4, -0.2) is 28.9 Å². The molecule has 0 radical (unpaired) electrons. The van der Waals surface area contributed by atoms with Gasteiger partial charge in [-0.25, -0.2) is 20.3 Å². The van der Waals surface area contributed by atoms with Crippen molar-refractivity contribution in [3.05, 3.63) is 0 Å². The molecule has 6 nitrogen and oxygen atoms in total. The Labute approximate surface area is 95.0 Å². The second kappa shape index (κ2) is 5.58. The molecule has 0 saturated carbocycles. The van der Waals surface area contributed by atoms with Crippen molar-refractivity contribution in [3.8, 4) is 0 Å². The SMILES string of the molecule is CC(COC(=O)C(C)(C)C)C(C)(OO)OO. The molecule has 0 aromatic rings. The fourth-order valence-electron chi connectivity index (χ4n) is 0.765. The highest BCUT2D eigenvalue weighted by molar-refractivity contribution is 5.75. The number of hydrogen-bond donors (Lipinski definition) is 2. The molecule has 0 rings (SSSR count). The summed E-state index contributed by atoms with van der Waals surface area (Å²) < 4.78 is 5.00. The highest BCUT2D eigenvalue weighted by Gasteiger charge is 2.36. The van der Waals surface area contributed by atoms with Gasteiger partial charge in [-0.05, 0) is 27.7 Å². The first-order valence-corrected chi connectivity index (χ1v) is 4.99. The first kappa shape index (κ1) is 15.3. The van der Waals surface area contributed by atoms with Gasteiger partial charge in [0, 0.05) is 5.92 Å². The molecule has 1 atom stereocenters. The molecule has 0 amide bonds. The zero-order chi connectivity index (χ0) is 13.0. The van der Waals surface area contributed by atoms with Crippen LogP contribution in [0.4, 0.5) is 0 Å². The lowest BCUT2D eigenvalue weighted by atomic mass is 9.97. The summed E-state index contributed by atoms with van der Waals surface area (Å²) in [4.78, 5) is 19.5. The van der Waals surface area contributed by atoms with Gasteiger partial charge in [-0.15, -0.1) is 0 Å². The molecular weight excluding hydrogens is 216 g/mol. The van der Waals surface area contributed by atoms with E-state index in [0.717, 1.165) is 0 Å². The third kappa shape index (κ3) is 4.05. The van der Waals surface area contributed by atoms with Gasteiger partial charge in [0.25, 0.3) is 0 Å². The standard InChI is InChI=1S/C10H20O6/c1-7(10(5,15-12)16-13)6-14-8(11)9(2,3)4/h7,12-13H,6H2,1-5H3. The number of ether oxygens (including phenoxy) is 1. The number of carbonyl (C=O) groups excluding carboxylic acids is 1. The monoisotopic (exact) mass is 236 g/mol. The second-order valence-corrected chi connectivity index (χ2v) is 4.95.